The van der Waals surface area contributed by atoms with Gasteiger partial charge in [0.2, 0.25) is 5.91 Å². The van der Waals surface area contributed by atoms with Gasteiger partial charge in [-0.3, -0.25) is 14.5 Å². The highest BCUT2D eigenvalue weighted by Gasteiger charge is 2.37. The lowest BCUT2D eigenvalue weighted by Gasteiger charge is -2.12. The molecule has 0 spiro atoms. The zero-order valence-corrected chi connectivity index (χ0v) is 8.25. The molecule has 2 rings (SSSR count). The van der Waals surface area contributed by atoms with Crippen molar-refractivity contribution in [3.05, 3.63) is 18.2 Å². The highest BCUT2D eigenvalue weighted by Crippen LogP contribution is 2.24. The summed E-state index contributed by atoms with van der Waals surface area (Å²) in [5.41, 5.74) is 0.538. The normalized spacial score (nSPS) is 21.5. The molecular formula is C9H11N3O3. The van der Waals surface area contributed by atoms with Crippen LogP contribution in [-0.4, -0.2) is 38.4 Å². The SMILES string of the molecule is CN1C(=O)CC(n2cncc2CO)C1=O. The van der Waals surface area contributed by atoms with Crippen LogP contribution in [0.25, 0.3) is 0 Å². The van der Waals surface area contributed by atoms with E-state index in [2.05, 4.69) is 4.98 Å². The molecule has 0 aliphatic carbocycles. The fourth-order valence-electron chi connectivity index (χ4n) is 1.69. The average molecular weight is 209 g/mol. The molecule has 0 bridgehead atoms. The van der Waals surface area contributed by atoms with Gasteiger partial charge in [0.15, 0.2) is 0 Å². The Balaban J connectivity index is 2.33. The third-order valence-electron chi connectivity index (χ3n) is 2.60. The Bertz CT molecular complexity index is 412. The molecule has 1 aromatic heterocycles. The molecule has 15 heavy (non-hydrogen) atoms. The zero-order chi connectivity index (χ0) is 11.0. The molecule has 1 atom stereocenters. The summed E-state index contributed by atoms with van der Waals surface area (Å²) < 4.78 is 1.55. The van der Waals surface area contributed by atoms with E-state index in [1.807, 2.05) is 0 Å². The molecule has 6 nitrogen and oxygen atoms in total. The van der Waals surface area contributed by atoms with Crippen molar-refractivity contribution in [2.24, 2.45) is 0 Å². The van der Waals surface area contributed by atoms with E-state index in [0.29, 0.717) is 5.69 Å². The zero-order valence-electron chi connectivity index (χ0n) is 8.25. The van der Waals surface area contributed by atoms with Gasteiger partial charge in [0.05, 0.1) is 31.2 Å². The molecule has 1 N–H and O–H groups in total. The van der Waals surface area contributed by atoms with Gasteiger partial charge in [0.1, 0.15) is 6.04 Å². The van der Waals surface area contributed by atoms with Crippen molar-refractivity contribution < 1.29 is 14.7 Å². The largest absolute Gasteiger partial charge is 0.390 e. The van der Waals surface area contributed by atoms with Crippen LogP contribution in [0.2, 0.25) is 0 Å². The molecule has 2 heterocycles. The number of carbonyl (C=O) groups is 2. The Morgan fingerprint density at radius 3 is 2.87 bits per heavy atom. The average Bonchev–Trinajstić information content (AvgIpc) is 2.78. The maximum absolute atomic E-state index is 11.7. The molecule has 0 aromatic carbocycles. The van der Waals surface area contributed by atoms with Crippen molar-refractivity contribution in [1.82, 2.24) is 14.5 Å². The number of imide groups is 1. The fraction of sp³-hybridized carbons (Fsp3) is 0.444. The minimum atomic E-state index is -0.549. The van der Waals surface area contributed by atoms with Gasteiger partial charge >= 0.3 is 0 Å². The number of hydrogen-bond donors (Lipinski definition) is 1. The summed E-state index contributed by atoms with van der Waals surface area (Å²) in [7, 11) is 1.46. The molecule has 80 valence electrons. The van der Waals surface area contributed by atoms with E-state index in [-0.39, 0.29) is 24.8 Å². The number of aliphatic hydroxyl groups excluding tert-OH is 1. The smallest absolute Gasteiger partial charge is 0.252 e. The molecule has 1 aliphatic heterocycles. The maximum atomic E-state index is 11.7. The summed E-state index contributed by atoms with van der Waals surface area (Å²) in [5, 5.41) is 9.02. The minimum Gasteiger partial charge on any atom is -0.390 e. The second-order valence-corrected chi connectivity index (χ2v) is 3.46. The van der Waals surface area contributed by atoms with Crippen LogP contribution >= 0.6 is 0 Å². The second-order valence-electron chi connectivity index (χ2n) is 3.46. The Morgan fingerprint density at radius 2 is 2.33 bits per heavy atom. The van der Waals surface area contributed by atoms with Gasteiger partial charge in [-0.1, -0.05) is 0 Å². The highest BCUT2D eigenvalue weighted by molar-refractivity contribution is 6.04. The van der Waals surface area contributed by atoms with Crippen molar-refractivity contribution in [2.75, 3.05) is 7.05 Å². The van der Waals surface area contributed by atoms with E-state index in [0.717, 1.165) is 4.90 Å². The summed E-state index contributed by atoms with van der Waals surface area (Å²) in [4.78, 5) is 27.9. The molecule has 1 aromatic rings. The van der Waals surface area contributed by atoms with Gasteiger partial charge in [-0.2, -0.15) is 0 Å². The van der Waals surface area contributed by atoms with E-state index in [9.17, 15) is 9.59 Å². The first-order valence-electron chi connectivity index (χ1n) is 4.57. The molecule has 0 radical (unpaired) electrons. The van der Waals surface area contributed by atoms with Gasteiger partial charge in [0, 0.05) is 7.05 Å². The molecule has 1 fully saturated rings. The first kappa shape index (κ1) is 9.85. The third-order valence-corrected chi connectivity index (χ3v) is 2.60. The van der Waals surface area contributed by atoms with Crippen LogP contribution in [0.3, 0.4) is 0 Å². The van der Waals surface area contributed by atoms with E-state index < -0.39 is 6.04 Å². The summed E-state index contributed by atoms with van der Waals surface area (Å²) in [5.74, 6) is -0.463. The Kier molecular flexibility index (Phi) is 2.28. The van der Waals surface area contributed by atoms with Crippen molar-refractivity contribution in [1.29, 1.82) is 0 Å². The van der Waals surface area contributed by atoms with Gasteiger partial charge in [0.25, 0.3) is 5.91 Å². The molecule has 0 saturated carbocycles. The van der Waals surface area contributed by atoms with Gasteiger partial charge in [-0.05, 0) is 0 Å². The molecule has 6 heteroatoms. The summed E-state index contributed by atoms with van der Waals surface area (Å²) >= 11 is 0. The Hall–Kier alpha value is -1.69. The number of carbonyl (C=O) groups excluding carboxylic acids is 2. The monoisotopic (exact) mass is 209 g/mol. The summed E-state index contributed by atoms with van der Waals surface area (Å²) in [6, 6.07) is -0.549. The lowest BCUT2D eigenvalue weighted by Crippen LogP contribution is -2.27. The number of imidazole rings is 1. The lowest BCUT2D eigenvalue weighted by molar-refractivity contribution is -0.137. The van der Waals surface area contributed by atoms with E-state index in [4.69, 9.17) is 5.11 Å². The fourth-order valence-corrected chi connectivity index (χ4v) is 1.69. The van der Waals surface area contributed by atoms with Gasteiger partial charge < -0.3 is 9.67 Å². The second kappa shape index (κ2) is 3.47. The van der Waals surface area contributed by atoms with E-state index >= 15 is 0 Å². The summed E-state index contributed by atoms with van der Waals surface area (Å²) in [6.07, 6.45) is 3.08. The standard InChI is InChI=1S/C9H11N3O3/c1-11-8(14)2-7(9(11)15)12-5-10-3-6(12)4-13/h3,5,7,13H,2,4H2,1H3. The molecular weight excluding hydrogens is 198 g/mol. The maximum Gasteiger partial charge on any atom is 0.252 e. The number of nitrogens with zero attached hydrogens (tertiary/aromatic N) is 3. The minimum absolute atomic E-state index is 0.138. The van der Waals surface area contributed by atoms with Crippen LogP contribution in [-0.2, 0) is 16.2 Å². The quantitative estimate of drug-likeness (QED) is 0.654. The van der Waals surface area contributed by atoms with Gasteiger partial charge in [-0.25, -0.2) is 4.98 Å². The van der Waals surface area contributed by atoms with Crippen LogP contribution in [0.4, 0.5) is 0 Å². The topological polar surface area (TPSA) is 75.4 Å². The first-order valence-corrected chi connectivity index (χ1v) is 4.57. The number of likely N-dealkylation sites (N-methyl/N-ethyl adjacent to an activating group) is 1. The third kappa shape index (κ3) is 1.42. The van der Waals surface area contributed by atoms with Crippen molar-refractivity contribution in [3.63, 3.8) is 0 Å². The van der Waals surface area contributed by atoms with Crippen molar-refractivity contribution >= 4 is 11.8 Å². The number of likely N-dealkylation sites (tertiary alicyclic amines) is 1. The summed E-state index contributed by atoms with van der Waals surface area (Å²) in [6.45, 7) is -0.193. The molecule has 2 amide bonds. The van der Waals surface area contributed by atoms with Gasteiger partial charge in [-0.15, -0.1) is 0 Å². The van der Waals surface area contributed by atoms with Crippen LogP contribution in [0.5, 0.6) is 0 Å². The van der Waals surface area contributed by atoms with Crippen LogP contribution < -0.4 is 0 Å². The highest BCUT2D eigenvalue weighted by atomic mass is 16.3. The molecule has 1 unspecified atom stereocenters. The number of aromatic nitrogens is 2. The predicted molar refractivity (Wildman–Crippen MR) is 49.6 cm³/mol. The van der Waals surface area contributed by atoms with Crippen LogP contribution in [0.1, 0.15) is 18.2 Å². The predicted octanol–water partition coefficient (Wildman–Crippen LogP) is -0.695. The number of hydrogen-bond acceptors (Lipinski definition) is 4. The Labute approximate surface area is 86.1 Å². The Morgan fingerprint density at radius 1 is 1.60 bits per heavy atom. The van der Waals surface area contributed by atoms with E-state index in [1.54, 1.807) is 4.57 Å². The van der Waals surface area contributed by atoms with Crippen LogP contribution in [0, 0.1) is 0 Å². The van der Waals surface area contributed by atoms with Crippen LogP contribution in [0.15, 0.2) is 12.5 Å². The molecule has 1 saturated heterocycles. The number of aliphatic hydroxyl groups is 1. The van der Waals surface area contributed by atoms with Crippen molar-refractivity contribution in [3.8, 4) is 0 Å². The molecule has 1 aliphatic rings. The number of amides is 2. The number of rotatable bonds is 2. The van der Waals surface area contributed by atoms with E-state index in [1.165, 1.54) is 19.6 Å². The first-order chi connectivity index (χ1) is 7.15. The lowest BCUT2D eigenvalue weighted by atomic mass is 10.2. The van der Waals surface area contributed by atoms with Crippen molar-refractivity contribution in [2.45, 2.75) is 19.1 Å².